The van der Waals surface area contributed by atoms with E-state index in [4.69, 9.17) is 11.6 Å². The van der Waals surface area contributed by atoms with Crippen LogP contribution in [0.5, 0.6) is 0 Å². The predicted octanol–water partition coefficient (Wildman–Crippen LogP) is 2.12. The molecular weight excluding hydrogens is 272 g/mol. The summed E-state index contributed by atoms with van der Waals surface area (Å²) in [6.45, 7) is 0.833. The second-order valence-electron chi connectivity index (χ2n) is 4.40. The van der Waals surface area contributed by atoms with Gasteiger partial charge in [0.05, 0.1) is 5.75 Å². The van der Waals surface area contributed by atoms with E-state index in [-0.39, 0.29) is 5.75 Å². The van der Waals surface area contributed by atoms with Crippen LogP contribution in [0.1, 0.15) is 12.0 Å². The van der Waals surface area contributed by atoms with Crippen molar-refractivity contribution in [1.29, 1.82) is 0 Å². The van der Waals surface area contributed by atoms with Crippen molar-refractivity contribution in [3.63, 3.8) is 0 Å². The highest BCUT2D eigenvalue weighted by Gasteiger charge is 2.09. The number of sulfonamides is 1. The Morgan fingerprint density at radius 3 is 2.33 bits per heavy atom. The standard InChI is InChI=1S/C12H19ClN2O2S/c1-15(2)10-11-4-6-12(7-5-11)14-18(16,17)9-3-8-13/h4-7,14H,3,8-10H2,1-2H3. The highest BCUT2D eigenvalue weighted by atomic mass is 35.5. The zero-order valence-corrected chi connectivity index (χ0v) is 12.3. The van der Waals surface area contributed by atoms with Gasteiger partial charge in [0.15, 0.2) is 0 Å². The van der Waals surface area contributed by atoms with Crippen LogP contribution in [0.4, 0.5) is 5.69 Å². The molecule has 0 atom stereocenters. The van der Waals surface area contributed by atoms with E-state index < -0.39 is 10.0 Å². The van der Waals surface area contributed by atoms with E-state index >= 15 is 0 Å². The van der Waals surface area contributed by atoms with Gasteiger partial charge in [-0.3, -0.25) is 4.72 Å². The van der Waals surface area contributed by atoms with Crippen LogP contribution < -0.4 is 4.72 Å². The molecule has 0 aromatic heterocycles. The van der Waals surface area contributed by atoms with Gasteiger partial charge >= 0.3 is 0 Å². The van der Waals surface area contributed by atoms with E-state index in [0.717, 1.165) is 12.1 Å². The third kappa shape index (κ3) is 5.71. The normalized spacial score (nSPS) is 11.8. The molecule has 4 nitrogen and oxygen atoms in total. The molecule has 0 bridgehead atoms. The van der Waals surface area contributed by atoms with E-state index in [1.54, 1.807) is 12.1 Å². The van der Waals surface area contributed by atoms with Crippen molar-refractivity contribution in [3.05, 3.63) is 29.8 Å². The molecule has 1 N–H and O–H groups in total. The Morgan fingerprint density at radius 2 is 1.83 bits per heavy atom. The van der Waals surface area contributed by atoms with Gasteiger partial charge in [-0.2, -0.15) is 0 Å². The largest absolute Gasteiger partial charge is 0.305 e. The fourth-order valence-electron chi connectivity index (χ4n) is 1.52. The lowest BCUT2D eigenvalue weighted by Gasteiger charge is -2.11. The Hall–Kier alpha value is -0.780. The summed E-state index contributed by atoms with van der Waals surface area (Å²) in [5.41, 5.74) is 1.73. The Balaban J connectivity index is 2.63. The van der Waals surface area contributed by atoms with Gasteiger partial charge in [0.2, 0.25) is 10.0 Å². The molecule has 0 aliphatic rings. The lowest BCUT2D eigenvalue weighted by Crippen LogP contribution is -2.17. The zero-order chi connectivity index (χ0) is 13.6. The fourth-order valence-corrected chi connectivity index (χ4v) is 2.93. The molecule has 0 fully saturated rings. The number of hydrogen-bond acceptors (Lipinski definition) is 3. The van der Waals surface area contributed by atoms with Crippen molar-refractivity contribution in [2.45, 2.75) is 13.0 Å². The maximum atomic E-state index is 11.6. The summed E-state index contributed by atoms with van der Waals surface area (Å²) < 4.78 is 25.8. The van der Waals surface area contributed by atoms with Crippen LogP contribution in [0.2, 0.25) is 0 Å². The van der Waals surface area contributed by atoms with Crippen LogP contribution in [-0.2, 0) is 16.6 Å². The molecule has 0 heterocycles. The molecule has 0 saturated carbocycles. The first-order valence-corrected chi connectivity index (χ1v) is 7.92. The first-order valence-electron chi connectivity index (χ1n) is 5.73. The van der Waals surface area contributed by atoms with E-state index in [0.29, 0.717) is 18.0 Å². The van der Waals surface area contributed by atoms with Crippen LogP contribution in [0.15, 0.2) is 24.3 Å². The van der Waals surface area contributed by atoms with E-state index in [1.807, 2.05) is 26.2 Å². The average molecular weight is 291 g/mol. The molecule has 1 aromatic carbocycles. The summed E-state index contributed by atoms with van der Waals surface area (Å²) in [5, 5.41) is 0. The van der Waals surface area contributed by atoms with Gasteiger partial charge in [-0.15, -0.1) is 11.6 Å². The number of nitrogens with zero attached hydrogens (tertiary/aromatic N) is 1. The lowest BCUT2D eigenvalue weighted by atomic mass is 10.2. The van der Waals surface area contributed by atoms with Gasteiger partial charge in [0, 0.05) is 18.1 Å². The van der Waals surface area contributed by atoms with E-state index in [1.165, 1.54) is 0 Å². The molecule has 6 heteroatoms. The van der Waals surface area contributed by atoms with Crippen molar-refractivity contribution in [3.8, 4) is 0 Å². The molecule has 1 aromatic rings. The van der Waals surface area contributed by atoms with Crippen LogP contribution in [0.3, 0.4) is 0 Å². The van der Waals surface area contributed by atoms with Crippen LogP contribution in [-0.4, -0.2) is 39.0 Å². The third-order valence-electron chi connectivity index (χ3n) is 2.27. The van der Waals surface area contributed by atoms with Gasteiger partial charge < -0.3 is 4.90 Å². The smallest absolute Gasteiger partial charge is 0.232 e. The zero-order valence-electron chi connectivity index (χ0n) is 10.7. The molecule has 0 amide bonds. The first kappa shape index (κ1) is 15.3. The van der Waals surface area contributed by atoms with Gasteiger partial charge in [0.1, 0.15) is 0 Å². The third-order valence-corrected chi connectivity index (χ3v) is 3.91. The molecule has 0 saturated heterocycles. The highest BCUT2D eigenvalue weighted by Crippen LogP contribution is 2.12. The minimum atomic E-state index is -3.28. The summed E-state index contributed by atoms with van der Waals surface area (Å²) in [4.78, 5) is 2.06. The van der Waals surface area contributed by atoms with Gasteiger partial charge in [-0.05, 0) is 38.2 Å². The molecule has 102 valence electrons. The topological polar surface area (TPSA) is 49.4 Å². The van der Waals surface area contributed by atoms with Crippen LogP contribution in [0.25, 0.3) is 0 Å². The quantitative estimate of drug-likeness (QED) is 0.783. The Morgan fingerprint density at radius 1 is 1.22 bits per heavy atom. The van der Waals surface area contributed by atoms with Crippen LogP contribution in [0, 0.1) is 0 Å². The van der Waals surface area contributed by atoms with Crippen LogP contribution >= 0.6 is 11.6 Å². The molecule has 0 aliphatic heterocycles. The summed E-state index contributed by atoms with van der Waals surface area (Å²) in [5.74, 6) is 0.401. The molecule has 0 spiro atoms. The van der Waals surface area contributed by atoms with E-state index in [9.17, 15) is 8.42 Å². The maximum absolute atomic E-state index is 11.6. The van der Waals surface area contributed by atoms with Gasteiger partial charge in [-0.1, -0.05) is 12.1 Å². The number of alkyl halides is 1. The molecule has 0 unspecified atom stereocenters. The summed E-state index contributed by atoms with van der Waals surface area (Å²) in [7, 11) is 0.700. The summed E-state index contributed by atoms with van der Waals surface area (Å²) in [6.07, 6.45) is 0.454. The monoisotopic (exact) mass is 290 g/mol. The molecule has 0 radical (unpaired) electrons. The Bertz CT molecular complexity index is 457. The lowest BCUT2D eigenvalue weighted by molar-refractivity contribution is 0.402. The highest BCUT2D eigenvalue weighted by molar-refractivity contribution is 7.92. The number of rotatable bonds is 7. The minimum absolute atomic E-state index is 0.0515. The van der Waals surface area contributed by atoms with Crippen molar-refractivity contribution in [2.75, 3.05) is 30.5 Å². The summed E-state index contributed by atoms with van der Waals surface area (Å²) in [6, 6.07) is 7.38. The van der Waals surface area contributed by atoms with Crippen molar-refractivity contribution in [2.24, 2.45) is 0 Å². The number of anilines is 1. The average Bonchev–Trinajstić information content (AvgIpc) is 2.28. The fraction of sp³-hybridized carbons (Fsp3) is 0.500. The second-order valence-corrected chi connectivity index (χ2v) is 6.62. The van der Waals surface area contributed by atoms with Gasteiger partial charge in [0.25, 0.3) is 0 Å². The Labute approximate surface area is 114 Å². The van der Waals surface area contributed by atoms with Crippen molar-refractivity contribution in [1.82, 2.24) is 4.90 Å². The molecule has 0 aliphatic carbocycles. The number of nitrogens with one attached hydrogen (secondary N) is 1. The predicted molar refractivity (Wildman–Crippen MR) is 76.6 cm³/mol. The number of benzene rings is 1. The first-order chi connectivity index (χ1) is 8.43. The molecule has 1 rings (SSSR count). The summed E-state index contributed by atoms with van der Waals surface area (Å²) >= 11 is 5.48. The van der Waals surface area contributed by atoms with Gasteiger partial charge in [-0.25, -0.2) is 8.42 Å². The number of halogens is 1. The minimum Gasteiger partial charge on any atom is -0.305 e. The van der Waals surface area contributed by atoms with E-state index in [2.05, 4.69) is 9.62 Å². The Kier molecular flexibility index (Phi) is 5.91. The van der Waals surface area contributed by atoms with Crippen molar-refractivity contribution < 1.29 is 8.42 Å². The second kappa shape index (κ2) is 6.97. The molecular formula is C12H19ClN2O2S. The SMILES string of the molecule is CN(C)Cc1ccc(NS(=O)(=O)CCCCl)cc1. The maximum Gasteiger partial charge on any atom is 0.232 e. The van der Waals surface area contributed by atoms with Crippen molar-refractivity contribution >= 4 is 27.3 Å². The molecule has 18 heavy (non-hydrogen) atoms. The number of hydrogen-bond donors (Lipinski definition) is 1.